The molecule has 0 radical (unpaired) electrons. The Kier molecular flexibility index (Phi) is 6.95. The van der Waals surface area contributed by atoms with Gasteiger partial charge in [0.05, 0.1) is 17.4 Å². The van der Waals surface area contributed by atoms with E-state index in [0.717, 1.165) is 48.4 Å². The van der Waals surface area contributed by atoms with Crippen molar-refractivity contribution in [2.24, 2.45) is 0 Å². The standard InChI is InChI=1S/C26H32FN5O2/c1-4-5-10-28-24(33)22-18(2)14-21(17-29-22)32-11-6-7-19-15-20(16-30-23(19)32)25(34)31-12-8-26(3,27)9-13-31/h5,10,14-17H,4,6-9,11-13H2,1-3H3,(H,28,33)/b10-5+. The van der Waals surface area contributed by atoms with E-state index < -0.39 is 5.67 Å². The lowest BCUT2D eigenvalue weighted by molar-refractivity contribution is 0.0503. The molecule has 0 aromatic carbocycles. The van der Waals surface area contributed by atoms with Crippen molar-refractivity contribution in [2.45, 2.75) is 58.5 Å². The highest BCUT2D eigenvalue weighted by atomic mass is 19.1. The maximum Gasteiger partial charge on any atom is 0.274 e. The zero-order valence-corrected chi connectivity index (χ0v) is 20.1. The number of aryl methyl sites for hydroxylation is 2. The van der Waals surface area contributed by atoms with Gasteiger partial charge in [0.15, 0.2) is 0 Å². The van der Waals surface area contributed by atoms with Crippen molar-refractivity contribution >= 4 is 23.3 Å². The fourth-order valence-electron chi connectivity index (χ4n) is 4.46. The summed E-state index contributed by atoms with van der Waals surface area (Å²) in [7, 11) is 0. The molecule has 2 amide bonds. The van der Waals surface area contributed by atoms with Crippen molar-refractivity contribution in [1.82, 2.24) is 20.2 Å². The number of alkyl halides is 1. The van der Waals surface area contributed by atoms with E-state index in [1.54, 1.807) is 30.4 Å². The van der Waals surface area contributed by atoms with Gasteiger partial charge >= 0.3 is 0 Å². The SMILES string of the molecule is CC/C=C/NC(=O)c1ncc(N2CCCc3cc(C(=O)N4CCC(C)(F)CC4)cnc32)cc1C. The van der Waals surface area contributed by atoms with Crippen LogP contribution in [0.4, 0.5) is 15.9 Å². The summed E-state index contributed by atoms with van der Waals surface area (Å²) in [5.41, 5.74) is 2.40. The second-order valence-electron chi connectivity index (χ2n) is 9.31. The molecule has 34 heavy (non-hydrogen) atoms. The highest BCUT2D eigenvalue weighted by Crippen LogP contribution is 2.33. The van der Waals surface area contributed by atoms with Crippen LogP contribution < -0.4 is 10.2 Å². The van der Waals surface area contributed by atoms with Gasteiger partial charge in [-0.15, -0.1) is 0 Å². The molecule has 0 saturated carbocycles. The number of likely N-dealkylation sites (tertiary alicyclic amines) is 1. The first kappa shape index (κ1) is 23.9. The highest BCUT2D eigenvalue weighted by molar-refractivity contribution is 5.95. The number of carbonyl (C=O) groups is 2. The Morgan fingerprint density at radius 1 is 1.18 bits per heavy atom. The molecule has 1 N–H and O–H groups in total. The van der Waals surface area contributed by atoms with Crippen molar-refractivity contribution in [3.8, 4) is 0 Å². The van der Waals surface area contributed by atoms with Crippen molar-refractivity contribution < 1.29 is 14.0 Å². The Hall–Kier alpha value is -3.29. The van der Waals surface area contributed by atoms with Crippen LogP contribution in [0.3, 0.4) is 0 Å². The van der Waals surface area contributed by atoms with E-state index in [-0.39, 0.29) is 11.8 Å². The Morgan fingerprint density at radius 3 is 2.65 bits per heavy atom. The Morgan fingerprint density at radius 2 is 1.94 bits per heavy atom. The summed E-state index contributed by atoms with van der Waals surface area (Å²) in [4.78, 5) is 38.2. The fraction of sp³-hybridized carbons (Fsp3) is 0.462. The second kappa shape index (κ2) is 9.91. The number of aromatic nitrogens is 2. The average molecular weight is 466 g/mol. The van der Waals surface area contributed by atoms with Crippen LogP contribution in [-0.2, 0) is 6.42 Å². The summed E-state index contributed by atoms with van der Waals surface area (Å²) in [6, 6.07) is 3.87. The Bertz CT molecular complexity index is 1100. The molecule has 0 bridgehead atoms. The van der Waals surface area contributed by atoms with E-state index in [9.17, 15) is 14.0 Å². The molecule has 2 aromatic heterocycles. The third-order valence-electron chi connectivity index (χ3n) is 6.53. The maximum atomic E-state index is 14.1. The third kappa shape index (κ3) is 5.11. The van der Waals surface area contributed by atoms with E-state index >= 15 is 0 Å². The van der Waals surface area contributed by atoms with Crippen LogP contribution in [0.25, 0.3) is 0 Å². The number of carbonyl (C=O) groups excluding carboxylic acids is 2. The molecular formula is C26H32FN5O2. The first-order valence-electron chi connectivity index (χ1n) is 12.0. The molecule has 180 valence electrons. The van der Waals surface area contributed by atoms with E-state index in [1.165, 1.54) is 0 Å². The molecule has 2 aliphatic heterocycles. The van der Waals surface area contributed by atoms with Crippen molar-refractivity contribution in [3.63, 3.8) is 0 Å². The number of hydrogen-bond acceptors (Lipinski definition) is 5. The molecule has 0 unspecified atom stereocenters. The zero-order chi connectivity index (χ0) is 24.3. The molecule has 1 fully saturated rings. The topological polar surface area (TPSA) is 78.4 Å². The molecule has 4 heterocycles. The molecule has 7 nitrogen and oxygen atoms in total. The minimum Gasteiger partial charge on any atom is -0.338 e. The van der Waals surface area contributed by atoms with Crippen LogP contribution in [0.2, 0.25) is 0 Å². The first-order chi connectivity index (χ1) is 16.3. The number of nitrogens with one attached hydrogen (secondary N) is 1. The van der Waals surface area contributed by atoms with Crippen molar-refractivity contribution in [3.05, 3.63) is 59.2 Å². The number of pyridine rings is 2. The quantitative estimate of drug-likeness (QED) is 0.704. The molecule has 8 heteroatoms. The molecule has 0 atom stereocenters. The van der Waals surface area contributed by atoms with Gasteiger partial charge in [0, 0.05) is 32.0 Å². The monoisotopic (exact) mass is 465 g/mol. The van der Waals surface area contributed by atoms with Crippen molar-refractivity contribution in [2.75, 3.05) is 24.5 Å². The third-order valence-corrected chi connectivity index (χ3v) is 6.53. The van der Waals surface area contributed by atoms with Gasteiger partial charge in [0.25, 0.3) is 11.8 Å². The minimum atomic E-state index is -1.19. The van der Waals surface area contributed by atoms with Crippen LogP contribution in [-0.4, -0.2) is 52.0 Å². The summed E-state index contributed by atoms with van der Waals surface area (Å²) in [5, 5.41) is 2.74. The maximum absolute atomic E-state index is 14.1. The molecule has 0 spiro atoms. The van der Waals surface area contributed by atoms with Gasteiger partial charge in [0.1, 0.15) is 17.2 Å². The zero-order valence-electron chi connectivity index (χ0n) is 20.1. The minimum absolute atomic E-state index is 0.0899. The molecule has 2 aliphatic rings. The van der Waals surface area contributed by atoms with E-state index in [0.29, 0.717) is 37.2 Å². The number of nitrogens with zero attached hydrogens (tertiary/aromatic N) is 4. The van der Waals surface area contributed by atoms with Gasteiger partial charge in [-0.3, -0.25) is 9.59 Å². The molecule has 0 aliphatic carbocycles. The number of anilines is 2. The normalized spacial score (nSPS) is 17.5. The van der Waals surface area contributed by atoms with Gasteiger partial charge in [-0.25, -0.2) is 14.4 Å². The lowest BCUT2D eigenvalue weighted by atomic mass is 9.95. The summed E-state index contributed by atoms with van der Waals surface area (Å²) >= 11 is 0. The van der Waals surface area contributed by atoms with Crippen LogP contribution in [0.1, 0.15) is 71.5 Å². The largest absolute Gasteiger partial charge is 0.338 e. The number of allylic oxidation sites excluding steroid dienone is 1. The van der Waals surface area contributed by atoms with Crippen molar-refractivity contribution in [1.29, 1.82) is 0 Å². The summed E-state index contributed by atoms with van der Waals surface area (Å²) < 4.78 is 14.1. The number of rotatable bonds is 5. The summed E-state index contributed by atoms with van der Waals surface area (Å²) in [6.45, 7) is 7.10. The summed E-state index contributed by atoms with van der Waals surface area (Å²) in [5.74, 6) is 0.481. The molecule has 4 rings (SSSR count). The highest BCUT2D eigenvalue weighted by Gasteiger charge is 2.32. The van der Waals surface area contributed by atoms with Crippen LogP contribution in [0.5, 0.6) is 0 Å². The number of fused-ring (bicyclic) bond motifs is 1. The number of amides is 2. The lowest BCUT2D eigenvalue weighted by Gasteiger charge is -2.34. The Balaban J connectivity index is 1.52. The van der Waals surface area contributed by atoms with Crippen LogP contribution in [0, 0.1) is 6.92 Å². The van der Waals surface area contributed by atoms with Gasteiger partial charge in [-0.1, -0.05) is 13.0 Å². The van der Waals surface area contributed by atoms with Crippen LogP contribution in [0.15, 0.2) is 36.8 Å². The molecular weight excluding hydrogens is 433 g/mol. The van der Waals surface area contributed by atoms with E-state index in [4.69, 9.17) is 0 Å². The number of piperidine rings is 1. The van der Waals surface area contributed by atoms with Gasteiger partial charge in [-0.2, -0.15) is 0 Å². The number of halogens is 1. The predicted octanol–water partition coefficient (Wildman–Crippen LogP) is 4.49. The van der Waals surface area contributed by atoms with Crippen LogP contribution >= 0.6 is 0 Å². The van der Waals surface area contributed by atoms with Gasteiger partial charge < -0.3 is 15.1 Å². The number of hydrogen-bond donors (Lipinski definition) is 1. The molecule has 1 saturated heterocycles. The van der Waals surface area contributed by atoms with Gasteiger partial charge in [-0.05, 0) is 69.2 Å². The second-order valence-corrected chi connectivity index (χ2v) is 9.31. The predicted molar refractivity (Wildman–Crippen MR) is 130 cm³/mol. The average Bonchev–Trinajstić information content (AvgIpc) is 2.83. The fourth-order valence-corrected chi connectivity index (χ4v) is 4.46. The molecule has 2 aromatic rings. The summed E-state index contributed by atoms with van der Waals surface area (Å²) in [6.07, 6.45) is 10.1. The van der Waals surface area contributed by atoms with Gasteiger partial charge in [0.2, 0.25) is 0 Å². The lowest BCUT2D eigenvalue weighted by Crippen LogP contribution is -2.43. The first-order valence-corrected chi connectivity index (χ1v) is 12.0. The smallest absolute Gasteiger partial charge is 0.274 e. The Labute approximate surface area is 200 Å². The van der Waals surface area contributed by atoms with E-state index in [2.05, 4.69) is 20.2 Å². The van der Waals surface area contributed by atoms with E-state index in [1.807, 2.05) is 32.1 Å².